The summed E-state index contributed by atoms with van der Waals surface area (Å²) < 4.78 is 5.76. The molecule has 0 bridgehead atoms. The van der Waals surface area contributed by atoms with Crippen LogP contribution in [0.25, 0.3) is 5.76 Å². The Morgan fingerprint density at radius 1 is 1.06 bits per heavy atom. The number of likely N-dealkylation sites (tertiary alicyclic amines) is 1. The first-order valence-electron chi connectivity index (χ1n) is 11.3. The number of hydrogen-bond acceptors (Lipinski definition) is 4. The quantitative estimate of drug-likeness (QED) is 0.309. The fourth-order valence-corrected chi connectivity index (χ4v) is 4.85. The van der Waals surface area contributed by atoms with E-state index >= 15 is 0 Å². The van der Waals surface area contributed by atoms with Crippen molar-refractivity contribution >= 4 is 29.1 Å². The van der Waals surface area contributed by atoms with Crippen molar-refractivity contribution in [1.29, 1.82) is 0 Å². The highest BCUT2D eigenvalue weighted by atomic mass is 35.5. The molecule has 5 rings (SSSR count). The summed E-state index contributed by atoms with van der Waals surface area (Å²) in [5.41, 5.74) is 3.34. The molecule has 172 valence electrons. The van der Waals surface area contributed by atoms with E-state index < -0.39 is 17.7 Å². The first-order valence-corrected chi connectivity index (χ1v) is 11.7. The van der Waals surface area contributed by atoms with Crippen LogP contribution in [0.2, 0.25) is 5.02 Å². The molecular formula is C28H24ClNO4. The lowest BCUT2D eigenvalue weighted by Gasteiger charge is -2.25. The average molecular weight is 474 g/mol. The van der Waals surface area contributed by atoms with Crippen LogP contribution in [0.5, 0.6) is 5.75 Å². The molecule has 1 N–H and O–H groups in total. The number of ether oxygens (including phenoxy) is 1. The number of aliphatic hydroxyl groups is 1. The molecule has 0 spiro atoms. The molecule has 2 aliphatic heterocycles. The van der Waals surface area contributed by atoms with Crippen LogP contribution < -0.4 is 4.74 Å². The molecule has 2 heterocycles. The van der Waals surface area contributed by atoms with Crippen molar-refractivity contribution in [1.82, 2.24) is 4.90 Å². The third-order valence-corrected chi connectivity index (χ3v) is 6.63. The predicted molar refractivity (Wildman–Crippen MR) is 131 cm³/mol. The fourth-order valence-electron chi connectivity index (χ4n) is 4.72. The lowest BCUT2D eigenvalue weighted by atomic mass is 9.94. The summed E-state index contributed by atoms with van der Waals surface area (Å²) in [6.07, 6.45) is 1.37. The van der Waals surface area contributed by atoms with Crippen LogP contribution in [0.1, 0.15) is 35.2 Å². The van der Waals surface area contributed by atoms with E-state index in [1.165, 1.54) is 0 Å². The number of carbonyl (C=O) groups is 2. The van der Waals surface area contributed by atoms with Crippen molar-refractivity contribution in [3.8, 4) is 5.75 Å². The average Bonchev–Trinajstić information content (AvgIpc) is 3.34. The van der Waals surface area contributed by atoms with Crippen LogP contribution >= 0.6 is 11.6 Å². The van der Waals surface area contributed by atoms with Crippen molar-refractivity contribution in [2.45, 2.75) is 31.9 Å². The van der Waals surface area contributed by atoms with E-state index in [2.05, 4.69) is 0 Å². The molecule has 3 aromatic rings. The first-order chi connectivity index (χ1) is 16.4. The van der Waals surface area contributed by atoms with Crippen LogP contribution in [-0.4, -0.2) is 34.3 Å². The summed E-state index contributed by atoms with van der Waals surface area (Å²) in [4.78, 5) is 27.9. The molecule has 1 saturated heterocycles. The van der Waals surface area contributed by atoms with Gasteiger partial charge in [0.25, 0.3) is 11.7 Å². The van der Waals surface area contributed by atoms with Crippen molar-refractivity contribution in [2.24, 2.45) is 0 Å². The van der Waals surface area contributed by atoms with E-state index in [4.69, 9.17) is 16.3 Å². The zero-order valence-electron chi connectivity index (χ0n) is 18.7. The minimum absolute atomic E-state index is 0.0602. The molecule has 0 unspecified atom stereocenters. The summed E-state index contributed by atoms with van der Waals surface area (Å²) in [6, 6.07) is 21.5. The highest BCUT2D eigenvalue weighted by molar-refractivity contribution is 6.46. The Hall–Kier alpha value is -3.57. The van der Waals surface area contributed by atoms with E-state index in [1.807, 2.05) is 43.3 Å². The van der Waals surface area contributed by atoms with Gasteiger partial charge in [0.2, 0.25) is 0 Å². The maximum atomic E-state index is 13.2. The van der Waals surface area contributed by atoms with Gasteiger partial charge in [0.15, 0.2) is 0 Å². The van der Waals surface area contributed by atoms with Crippen molar-refractivity contribution in [2.75, 3.05) is 6.54 Å². The van der Waals surface area contributed by atoms with Crippen LogP contribution in [0, 0.1) is 0 Å². The number of Topliss-reactive ketones (excluding diaryl/α,β-unsaturated/α-hetero) is 1. The Kier molecular flexibility index (Phi) is 5.88. The number of benzene rings is 3. The SMILES string of the molecule is C[C@@H]1Cc2cc(C(O)=C3C(=O)C(=O)N(CCc4ccccc4)[C@@H]3c3ccc(Cl)cc3)ccc2O1. The second-order valence-corrected chi connectivity index (χ2v) is 9.17. The van der Waals surface area contributed by atoms with Crippen LogP contribution in [-0.2, 0) is 22.4 Å². The molecule has 0 saturated carbocycles. The van der Waals surface area contributed by atoms with Crippen LogP contribution in [0.15, 0.2) is 78.4 Å². The molecular weight excluding hydrogens is 450 g/mol. The summed E-state index contributed by atoms with van der Waals surface area (Å²) in [7, 11) is 0. The molecule has 0 aromatic heterocycles. The fraction of sp³-hybridized carbons (Fsp3) is 0.214. The monoisotopic (exact) mass is 473 g/mol. The van der Waals surface area contributed by atoms with E-state index in [9.17, 15) is 14.7 Å². The number of aliphatic hydroxyl groups excluding tert-OH is 1. The van der Waals surface area contributed by atoms with Gasteiger partial charge in [-0.15, -0.1) is 0 Å². The zero-order valence-corrected chi connectivity index (χ0v) is 19.5. The Morgan fingerprint density at radius 2 is 1.79 bits per heavy atom. The summed E-state index contributed by atoms with van der Waals surface area (Å²) >= 11 is 6.09. The summed E-state index contributed by atoms with van der Waals surface area (Å²) in [6.45, 7) is 2.33. The molecule has 6 heteroatoms. The maximum absolute atomic E-state index is 13.2. The topological polar surface area (TPSA) is 66.8 Å². The Bertz CT molecular complexity index is 1280. The lowest BCUT2D eigenvalue weighted by molar-refractivity contribution is -0.139. The molecule has 5 nitrogen and oxygen atoms in total. The molecule has 2 aliphatic rings. The van der Waals surface area contributed by atoms with Crippen LogP contribution in [0.3, 0.4) is 0 Å². The Balaban J connectivity index is 1.57. The van der Waals surface area contributed by atoms with E-state index in [0.717, 1.165) is 28.9 Å². The minimum Gasteiger partial charge on any atom is -0.507 e. The largest absolute Gasteiger partial charge is 0.507 e. The zero-order chi connectivity index (χ0) is 23.8. The number of ketones is 1. The number of amides is 1. The normalized spacial score (nSPS) is 20.9. The summed E-state index contributed by atoms with van der Waals surface area (Å²) in [5.74, 6) is -0.698. The number of carbonyl (C=O) groups excluding carboxylic acids is 2. The number of hydrogen-bond donors (Lipinski definition) is 1. The third-order valence-electron chi connectivity index (χ3n) is 6.38. The molecule has 0 aliphatic carbocycles. The molecule has 3 aromatic carbocycles. The van der Waals surface area contributed by atoms with Crippen LogP contribution in [0.4, 0.5) is 0 Å². The van der Waals surface area contributed by atoms with E-state index in [0.29, 0.717) is 23.6 Å². The van der Waals surface area contributed by atoms with E-state index in [-0.39, 0.29) is 17.4 Å². The number of rotatable bonds is 5. The van der Waals surface area contributed by atoms with Gasteiger partial charge < -0.3 is 14.7 Å². The standard InChI is InChI=1S/C28H24ClNO4/c1-17-15-21-16-20(9-12-23(21)34-17)26(31)24-25(19-7-10-22(29)11-8-19)30(28(33)27(24)32)14-13-18-5-3-2-4-6-18/h2-12,16-17,25,31H,13-15H2,1H3/t17-,25-/m1/s1. The molecule has 2 atom stereocenters. The molecule has 1 amide bonds. The van der Waals surface area contributed by atoms with Gasteiger partial charge in [0.1, 0.15) is 17.6 Å². The lowest BCUT2D eigenvalue weighted by Crippen LogP contribution is -2.31. The first kappa shape index (κ1) is 22.2. The van der Waals surface area contributed by atoms with Gasteiger partial charge >= 0.3 is 0 Å². The minimum atomic E-state index is -0.704. The van der Waals surface area contributed by atoms with Gasteiger partial charge in [0, 0.05) is 23.6 Å². The predicted octanol–water partition coefficient (Wildman–Crippen LogP) is 5.33. The van der Waals surface area contributed by atoms with Crippen molar-refractivity contribution in [3.05, 3.63) is 106 Å². The Morgan fingerprint density at radius 3 is 2.53 bits per heavy atom. The van der Waals surface area contributed by atoms with Gasteiger partial charge in [-0.3, -0.25) is 9.59 Å². The van der Waals surface area contributed by atoms with Gasteiger partial charge in [-0.05, 0) is 60.4 Å². The summed E-state index contributed by atoms with van der Waals surface area (Å²) in [5, 5.41) is 11.9. The highest BCUT2D eigenvalue weighted by Gasteiger charge is 2.45. The van der Waals surface area contributed by atoms with E-state index in [1.54, 1.807) is 41.3 Å². The number of nitrogens with zero attached hydrogens (tertiary/aromatic N) is 1. The number of halogens is 1. The van der Waals surface area contributed by atoms with Crippen molar-refractivity contribution in [3.63, 3.8) is 0 Å². The third kappa shape index (κ3) is 4.08. The van der Waals surface area contributed by atoms with Gasteiger partial charge in [-0.25, -0.2) is 0 Å². The molecule has 0 radical (unpaired) electrons. The van der Waals surface area contributed by atoms with Gasteiger partial charge in [-0.2, -0.15) is 0 Å². The second kappa shape index (κ2) is 8.99. The smallest absolute Gasteiger partial charge is 0.295 e. The van der Waals surface area contributed by atoms with Crippen molar-refractivity contribution < 1.29 is 19.4 Å². The Labute approximate surface area is 203 Å². The highest BCUT2D eigenvalue weighted by Crippen LogP contribution is 2.41. The maximum Gasteiger partial charge on any atom is 0.295 e. The number of fused-ring (bicyclic) bond motifs is 1. The molecule has 34 heavy (non-hydrogen) atoms. The van der Waals surface area contributed by atoms with Gasteiger partial charge in [0.05, 0.1) is 11.6 Å². The van der Waals surface area contributed by atoms with Gasteiger partial charge in [-0.1, -0.05) is 54.1 Å². The molecule has 1 fully saturated rings. The second-order valence-electron chi connectivity index (χ2n) is 8.73.